The summed E-state index contributed by atoms with van der Waals surface area (Å²) in [6, 6.07) is 5.28. The van der Waals surface area contributed by atoms with E-state index in [1.54, 1.807) is 0 Å². The molecule has 0 aromatic carbocycles. The van der Waals surface area contributed by atoms with Gasteiger partial charge in [0.25, 0.3) is 0 Å². The summed E-state index contributed by atoms with van der Waals surface area (Å²) in [5.74, 6) is 0.200. The maximum atomic E-state index is 9.75. The Morgan fingerprint density at radius 3 is 2.77 bits per heavy atom. The number of nitriles is 2. The number of allylic oxidation sites excluding steroid dienone is 5. The molecule has 22 heavy (non-hydrogen) atoms. The lowest BCUT2D eigenvalue weighted by Crippen LogP contribution is -2.43. The highest BCUT2D eigenvalue weighted by Gasteiger charge is 2.45. The van der Waals surface area contributed by atoms with Gasteiger partial charge in [0.05, 0.1) is 12.1 Å². The van der Waals surface area contributed by atoms with Gasteiger partial charge in [-0.15, -0.1) is 6.58 Å². The fraction of sp³-hybridized carbons (Fsp3) is 0.474. The second-order valence-electron chi connectivity index (χ2n) is 6.00. The van der Waals surface area contributed by atoms with Crippen molar-refractivity contribution in [3.05, 3.63) is 48.6 Å². The molecule has 0 radical (unpaired) electrons. The Balaban J connectivity index is 2.35. The van der Waals surface area contributed by atoms with E-state index in [1.165, 1.54) is 0 Å². The second-order valence-corrected chi connectivity index (χ2v) is 6.00. The highest BCUT2D eigenvalue weighted by molar-refractivity contribution is 5.40. The molecule has 0 unspecified atom stereocenters. The van der Waals surface area contributed by atoms with E-state index in [1.807, 2.05) is 37.3 Å². The molecule has 0 spiro atoms. The van der Waals surface area contributed by atoms with E-state index < -0.39 is 5.41 Å². The summed E-state index contributed by atoms with van der Waals surface area (Å²) in [6.45, 7) is 5.79. The van der Waals surface area contributed by atoms with Gasteiger partial charge < -0.3 is 5.32 Å². The van der Waals surface area contributed by atoms with Crippen molar-refractivity contribution in [2.45, 2.75) is 44.7 Å². The van der Waals surface area contributed by atoms with Crippen LogP contribution in [-0.4, -0.2) is 12.1 Å². The number of nitrogens with one attached hydrogen (secondary N) is 1. The van der Waals surface area contributed by atoms with Crippen molar-refractivity contribution in [3.8, 4) is 12.1 Å². The third kappa shape index (κ3) is 3.06. The largest absolute Gasteiger partial charge is 0.307 e. The van der Waals surface area contributed by atoms with Crippen LogP contribution < -0.4 is 5.32 Å². The summed E-state index contributed by atoms with van der Waals surface area (Å²) in [5.41, 5.74) is -0.0666. The zero-order chi connectivity index (χ0) is 16.0. The molecule has 2 bridgehead atoms. The van der Waals surface area contributed by atoms with Crippen LogP contribution >= 0.6 is 0 Å². The summed E-state index contributed by atoms with van der Waals surface area (Å²) in [6.07, 6.45) is 15.1. The normalized spacial score (nSPS) is 27.6. The minimum absolute atomic E-state index is 0.200. The van der Waals surface area contributed by atoms with Gasteiger partial charge in [-0.2, -0.15) is 10.5 Å². The van der Waals surface area contributed by atoms with E-state index in [0.29, 0.717) is 18.5 Å². The molecule has 0 aromatic rings. The molecule has 0 amide bonds. The van der Waals surface area contributed by atoms with Crippen LogP contribution in [0, 0.1) is 34.0 Å². The number of hydrogen-bond donors (Lipinski definition) is 1. The fourth-order valence-electron chi connectivity index (χ4n) is 3.53. The van der Waals surface area contributed by atoms with E-state index in [9.17, 15) is 10.5 Å². The van der Waals surface area contributed by atoms with Gasteiger partial charge >= 0.3 is 0 Å². The van der Waals surface area contributed by atoms with E-state index in [2.05, 4.69) is 30.1 Å². The topological polar surface area (TPSA) is 59.6 Å². The van der Waals surface area contributed by atoms with Crippen LogP contribution in [0.5, 0.6) is 0 Å². The average Bonchev–Trinajstić information content (AvgIpc) is 2.94. The molecule has 0 aromatic heterocycles. The van der Waals surface area contributed by atoms with Crippen LogP contribution in [0.3, 0.4) is 0 Å². The Kier molecular flexibility index (Phi) is 5.36. The standard InChI is InChI=1S/C19H23N3/c1-3-5-6-7-11-19(13-20,14-21)17-12-15-9-10-18(22-15)16(17)8-4-2/h3-7,12,15-16,18,22H,2,8-11H2,1H3/b5-3+,7-6+/t15-,16-,18+/m1/s1. The van der Waals surface area contributed by atoms with Gasteiger partial charge in [-0.05, 0) is 31.8 Å². The van der Waals surface area contributed by atoms with Gasteiger partial charge in [-0.25, -0.2) is 0 Å². The first kappa shape index (κ1) is 16.3. The van der Waals surface area contributed by atoms with Crippen molar-refractivity contribution in [2.75, 3.05) is 0 Å². The maximum absolute atomic E-state index is 9.75. The highest BCUT2D eigenvalue weighted by Crippen LogP contribution is 2.44. The molecule has 114 valence electrons. The first-order valence-corrected chi connectivity index (χ1v) is 7.90. The quantitative estimate of drug-likeness (QED) is 0.598. The van der Waals surface area contributed by atoms with Crippen molar-refractivity contribution in [2.24, 2.45) is 11.3 Å². The molecule has 2 rings (SSSR count). The third-order valence-corrected chi connectivity index (χ3v) is 4.64. The lowest BCUT2D eigenvalue weighted by molar-refractivity contribution is 0.369. The third-order valence-electron chi connectivity index (χ3n) is 4.64. The molecule has 2 aliphatic heterocycles. The molecule has 0 saturated carbocycles. The first-order valence-electron chi connectivity index (χ1n) is 7.90. The maximum Gasteiger partial charge on any atom is 0.168 e. The molecule has 0 aliphatic carbocycles. The van der Waals surface area contributed by atoms with Gasteiger partial charge in [0, 0.05) is 24.4 Å². The van der Waals surface area contributed by atoms with E-state index in [-0.39, 0.29) is 5.92 Å². The summed E-state index contributed by atoms with van der Waals surface area (Å²) >= 11 is 0. The Bertz CT molecular complexity index is 569. The van der Waals surface area contributed by atoms with Crippen molar-refractivity contribution in [1.29, 1.82) is 10.5 Å². The van der Waals surface area contributed by atoms with Crippen molar-refractivity contribution < 1.29 is 0 Å². The number of fused-ring (bicyclic) bond motifs is 2. The minimum atomic E-state index is -1.06. The Morgan fingerprint density at radius 2 is 2.14 bits per heavy atom. The SMILES string of the molecule is C=CC[C@@H]1C(C(C#N)(C#N)C/C=C/C=C/C)=C[C@H]2CC[C@@H]1N2. The van der Waals surface area contributed by atoms with E-state index in [4.69, 9.17) is 0 Å². The monoisotopic (exact) mass is 293 g/mol. The molecule has 1 saturated heterocycles. The van der Waals surface area contributed by atoms with Crippen molar-refractivity contribution in [1.82, 2.24) is 5.32 Å². The lowest BCUT2D eigenvalue weighted by Gasteiger charge is -2.36. The highest BCUT2D eigenvalue weighted by atomic mass is 15.0. The molecule has 3 atom stereocenters. The Morgan fingerprint density at radius 1 is 1.36 bits per heavy atom. The van der Waals surface area contributed by atoms with Crippen LogP contribution in [0.2, 0.25) is 0 Å². The summed E-state index contributed by atoms with van der Waals surface area (Å²) in [4.78, 5) is 0. The van der Waals surface area contributed by atoms with E-state index >= 15 is 0 Å². The Labute approximate surface area is 133 Å². The van der Waals surface area contributed by atoms with E-state index in [0.717, 1.165) is 24.8 Å². The van der Waals surface area contributed by atoms with Gasteiger partial charge in [-0.1, -0.05) is 36.5 Å². The number of hydrogen-bond acceptors (Lipinski definition) is 3. The molecular formula is C19H23N3. The Hall–Kier alpha value is -2.10. The summed E-state index contributed by atoms with van der Waals surface area (Å²) in [7, 11) is 0. The molecule has 3 nitrogen and oxygen atoms in total. The van der Waals surface area contributed by atoms with Crippen LogP contribution in [0.4, 0.5) is 0 Å². The van der Waals surface area contributed by atoms with Gasteiger partial charge in [0.15, 0.2) is 5.41 Å². The van der Waals surface area contributed by atoms with Crippen LogP contribution in [0.1, 0.15) is 32.6 Å². The van der Waals surface area contributed by atoms with Crippen LogP contribution in [0.25, 0.3) is 0 Å². The second kappa shape index (κ2) is 7.25. The van der Waals surface area contributed by atoms with Gasteiger partial charge in [-0.3, -0.25) is 0 Å². The number of nitrogens with zero attached hydrogens (tertiary/aromatic N) is 2. The lowest BCUT2D eigenvalue weighted by atomic mass is 9.69. The predicted molar refractivity (Wildman–Crippen MR) is 88.6 cm³/mol. The van der Waals surface area contributed by atoms with Crippen molar-refractivity contribution >= 4 is 0 Å². The molecule has 1 fully saturated rings. The van der Waals surface area contributed by atoms with Gasteiger partial charge in [0.1, 0.15) is 0 Å². The summed E-state index contributed by atoms with van der Waals surface area (Å²) < 4.78 is 0. The van der Waals surface area contributed by atoms with Crippen LogP contribution in [-0.2, 0) is 0 Å². The van der Waals surface area contributed by atoms with Crippen molar-refractivity contribution in [3.63, 3.8) is 0 Å². The van der Waals surface area contributed by atoms with Gasteiger partial charge in [0.2, 0.25) is 0 Å². The molecular weight excluding hydrogens is 270 g/mol. The van der Waals surface area contributed by atoms with Crippen LogP contribution in [0.15, 0.2) is 48.6 Å². The molecule has 3 heteroatoms. The zero-order valence-electron chi connectivity index (χ0n) is 13.1. The average molecular weight is 293 g/mol. The molecule has 2 aliphatic rings. The molecule has 1 N–H and O–H groups in total. The first-order chi connectivity index (χ1) is 10.7. The minimum Gasteiger partial charge on any atom is -0.307 e. The molecule has 2 heterocycles. The smallest absolute Gasteiger partial charge is 0.168 e. The number of rotatable bonds is 6. The summed E-state index contributed by atoms with van der Waals surface area (Å²) in [5, 5.41) is 23.1. The fourth-order valence-corrected chi connectivity index (χ4v) is 3.53. The predicted octanol–water partition coefficient (Wildman–Crippen LogP) is 3.80. The zero-order valence-corrected chi connectivity index (χ0v) is 13.1.